The van der Waals surface area contributed by atoms with Crippen molar-refractivity contribution >= 4 is 5.78 Å². The van der Waals surface area contributed by atoms with E-state index in [1.54, 1.807) is 21.1 Å². The van der Waals surface area contributed by atoms with Gasteiger partial charge in [-0.2, -0.15) is 0 Å². The third-order valence-electron chi connectivity index (χ3n) is 5.08. The first-order valence-electron chi connectivity index (χ1n) is 8.57. The van der Waals surface area contributed by atoms with E-state index in [1.807, 2.05) is 31.3 Å². The van der Waals surface area contributed by atoms with Gasteiger partial charge in [0.05, 0.1) is 20.3 Å². The molecule has 1 aliphatic rings. The molecule has 0 amide bonds. The van der Waals surface area contributed by atoms with Crippen LogP contribution < -0.4 is 9.47 Å². The third-order valence-corrected chi connectivity index (χ3v) is 5.08. The maximum absolute atomic E-state index is 12.5. The van der Waals surface area contributed by atoms with Crippen molar-refractivity contribution in [2.45, 2.75) is 25.3 Å². The zero-order chi connectivity index (χ0) is 18.0. The summed E-state index contributed by atoms with van der Waals surface area (Å²) in [6.45, 7) is 2.51. The van der Waals surface area contributed by atoms with Crippen LogP contribution in [0.2, 0.25) is 0 Å². The second-order valence-electron chi connectivity index (χ2n) is 6.58. The van der Waals surface area contributed by atoms with Crippen LogP contribution in [0.4, 0.5) is 0 Å². The first-order chi connectivity index (χ1) is 12.1. The number of carbonyl (C=O) groups excluding carboxylic acids is 1. The first kappa shape index (κ1) is 17.5. The highest BCUT2D eigenvalue weighted by atomic mass is 16.5. The van der Waals surface area contributed by atoms with E-state index in [2.05, 4.69) is 23.1 Å². The highest BCUT2D eigenvalue weighted by molar-refractivity contribution is 5.83. The summed E-state index contributed by atoms with van der Waals surface area (Å²) >= 11 is 0. The third kappa shape index (κ3) is 3.27. The number of fused-ring (bicyclic) bond motifs is 1. The topological polar surface area (TPSA) is 38.8 Å². The van der Waals surface area contributed by atoms with Crippen molar-refractivity contribution in [2.24, 2.45) is 0 Å². The largest absolute Gasteiger partial charge is 0.493 e. The summed E-state index contributed by atoms with van der Waals surface area (Å²) in [5.74, 6) is 1.59. The maximum Gasteiger partial charge on any atom is 0.161 e. The average molecular weight is 339 g/mol. The molecule has 0 aromatic heterocycles. The van der Waals surface area contributed by atoms with Gasteiger partial charge in [-0.15, -0.1) is 0 Å². The number of ether oxygens (including phenoxy) is 2. The molecule has 25 heavy (non-hydrogen) atoms. The Morgan fingerprint density at radius 1 is 1.08 bits per heavy atom. The molecule has 0 fully saturated rings. The van der Waals surface area contributed by atoms with Gasteiger partial charge in [0.15, 0.2) is 11.5 Å². The molecule has 132 valence electrons. The molecule has 0 spiro atoms. The molecule has 0 bridgehead atoms. The van der Waals surface area contributed by atoms with Crippen LogP contribution in [0.5, 0.6) is 11.5 Å². The van der Waals surface area contributed by atoms with Crippen LogP contribution in [0.3, 0.4) is 0 Å². The molecule has 1 aliphatic heterocycles. The van der Waals surface area contributed by atoms with Gasteiger partial charge in [0.1, 0.15) is 5.78 Å². The lowest BCUT2D eigenvalue weighted by molar-refractivity contribution is -0.122. The van der Waals surface area contributed by atoms with Gasteiger partial charge in [-0.3, -0.25) is 9.69 Å². The lowest BCUT2D eigenvalue weighted by atomic mass is 9.81. The van der Waals surface area contributed by atoms with Crippen LogP contribution in [0.25, 0.3) is 0 Å². The summed E-state index contributed by atoms with van der Waals surface area (Å²) in [6, 6.07) is 14.2. The number of methoxy groups -OCH3 is 2. The number of Topliss-reactive ketones (excluding diaryl/α,β-unsaturated/α-hetero) is 1. The van der Waals surface area contributed by atoms with E-state index < -0.39 is 0 Å². The van der Waals surface area contributed by atoms with Crippen LogP contribution >= 0.6 is 0 Å². The summed E-state index contributed by atoms with van der Waals surface area (Å²) in [5, 5.41) is 0. The molecule has 0 N–H and O–H groups in total. The fourth-order valence-corrected chi connectivity index (χ4v) is 3.87. The van der Waals surface area contributed by atoms with E-state index >= 15 is 0 Å². The highest BCUT2D eigenvalue weighted by Crippen LogP contribution is 2.41. The molecule has 0 unspecified atom stereocenters. The standard InChI is InChI=1S/C21H25NO3/c1-14(23)21-20(15-8-6-5-7-9-15)17-13-19(25-4)18(24-3)12-16(17)10-11-22(21)2/h5-9,12-13,20-21H,10-11H2,1-4H3/t20-,21+/m1/s1. The maximum atomic E-state index is 12.5. The molecule has 0 aliphatic carbocycles. The van der Waals surface area contributed by atoms with Crippen molar-refractivity contribution in [1.29, 1.82) is 0 Å². The van der Waals surface area contributed by atoms with E-state index in [1.165, 1.54) is 5.56 Å². The molecule has 2 aromatic rings. The minimum atomic E-state index is -0.193. The minimum Gasteiger partial charge on any atom is -0.493 e. The lowest BCUT2D eigenvalue weighted by Crippen LogP contribution is -2.41. The summed E-state index contributed by atoms with van der Waals surface area (Å²) in [4.78, 5) is 14.7. The molecule has 1 heterocycles. The van der Waals surface area contributed by atoms with E-state index in [4.69, 9.17) is 9.47 Å². The second-order valence-corrected chi connectivity index (χ2v) is 6.58. The fraction of sp³-hybridized carbons (Fsp3) is 0.381. The van der Waals surface area contributed by atoms with Crippen LogP contribution in [-0.2, 0) is 11.2 Å². The SMILES string of the molecule is COc1cc2c(cc1OC)[C@@H](c1ccccc1)[C@H](C(C)=O)N(C)CC2. The molecule has 4 heteroatoms. The summed E-state index contributed by atoms with van der Waals surface area (Å²) < 4.78 is 11.0. The zero-order valence-corrected chi connectivity index (χ0v) is 15.3. The smallest absolute Gasteiger partial charge is 0.161 e. The number of likely N-dealkylation sites (N-methyl/N-ethyl adjacent to an activating group) is 1. The van der Waals surface area contributed by atoms with Crippen molar-refractivity contribution in [1.82, 2.24) is 4.90 Å². The minimum absolute atomic E-state index is 0.0268. The van der Waals surface area contributed by atoms with Gasteiger partial charge in [-0.05, 0) is 49.2 Å². The number of carbonyl (C=O) groups is 1. The molecule has 0 saturated heterocycles. The summed E-state index contributed by atoms with van der Waals surface area (Å²) in [6.07, 6.45) is 0.874. The molecule has 2 atom stereocenters. The number of rotatable bonds is 4. The van der Waals surface area contributed by atoms with Crippen LogP contribution in [-0.4, -0.2) is 44.5 Å². The van der Waals surface area contributed by atoms with Gasteiger partial charge < -0.3 is 9.47 Å². The van der Waals surface area contributed by atoms with E-state index in [9.17, 15) is 4.79 Å². The number of benzene rings is 2. The molecule has 0 radical (unpaired) electrons. The van der Waals surface area contributed by atoms with Gasteiger partial charge in [0.25, 0.3) is 0 Å². The van der Waals surface area contributed by atoms with Gasteiger partial charge in [-0.1, -0.05) is 30.3 Å². The second kappa shape index (κ2) is 7.28. The quantitative estimate of drug-likeness (QED) is 0.857. The molecular formula is C21H25NO3. The van der Waals surface area contributed by atoms with E-state index in [-0.39, 0.29) is 17.7 Å². The van der Waals surface area contributed by atoms with E-state index in [0.29, 0.717) is 5.75 Å². The molecule has 2 aromatic carbocycles. The molecule has 3 rings (SSSR count). The van der Waals surface area contributed by atoms with Crippen molar-refractivity contribution in [2.75, 3.05) is 27.8 Å². The Morgan fingerprint density at radius 3 is 2.32 bits per heavy atom. The van der Waals surface area contributed by atoms with Crippen LogP contribution in [0.15, 0.2) is 42.5 Å². The summed E-state index contributed by atoms with van der Waals surface area (Å²) in [7, 11) is 5.33. The van der Waals surface area contributed by atoms with Crippen molar-refractivity contribution in [3.8, 4) is 11.5 Å². The monoisotopic (exact) mass is 339 g/mol. The molecule has 4 nitrogen and oxygen atoms in total. The Balaban J connectivity index is 2.24. The predicted molar refractivity (Wildman–Crippen MR) is 98.6 cm³/mol. The Bertz CT molecular complexity index is 757. The van der Waals surface area contributed by atoms with Crippen LogP contribution in [0.1, 0.15) is 29.5 Å². The van der Waals surface area contributed by atoms with Crippen molar-refractivity contribution < 1.29 is 14.3 Å². The number of hydrogen-bond acceptors (Lipinski definition) is 4. The predicted octanol–water partition coefficient (Wildman–Crippen LogP) is 3.28. The Labute approximate surface area is 149 Å². The number of hydrogen-bond donors (Lipinski definition) is 0. The fourth-order valence-electron chi connectivity index (χ4n) is 3.87. The summed E-state index contributed by atoms with van der Waals surface area (Å²) in [5.41, 5.74) is 3.50. The average Bonchev–Trinajstić information content (AvgIpc) is 2.77. The first-order valence-corrected chi connectivity index (χ1v) is 8.57. The Morgan fingerprint density at radius 2 is 1.72 bits per heavy atom. The van der Waals surface area contributed by atoms with Gasteiger partial charge in [0.2, 0.25) is 0 Å². The highest BCUT2D eigenvalue weighted by Gasteiger charge is 2.36. The van der Waals surface area contributed by atoms with Gasteiger partial charge >= 0.3 is 0 Å². The van der Waals surface area contributed by atoms with Gasteiger partial charge in [-0.25, -0.2) is 0 Å². The van der Waals surface area contributed by atoms with Crippen molar-refractivity contribution in [3.63, 3.8) is 0 Å². The van der Waals surface area contributed by atoms with Crippen LogP contribution in [0, 0.1) is 0 Å². The molecular weight excluding hydrogens is 314 g/mol. The number of nitrogens with zero attached hydrogens (tertiary/aromatic N) is 1. The Hall–Kier alpha value is -2.33. The normalized spacial score (nSPS) is 20.5. The van der Waals surface area contributed by atoms with E-state index in [0.717, 1.165) is 29.8 Å². The zero-order valence-electron chi connectivity index (χ0n) is 15.3. The van der Waals surface area contributed by atoms with Gasteiger partial charge in [0, 0.05) is 12.5 Å². The Kier molecular flexibility index (Phi) is 5.09. The van der Waals surface area contributed by atoms with Crippen molar-refractivity contribution in [3.05, 3.63) is 59.2 Å². The lowest BCUT2D eigenvalue weighted by Gasteiger charge is -2.31. The molecule has 0 saturated carbocycles. The number of ketones is 1.